The molecule has 0 saturated heterocycles. The highest BCUT2D eigenvalue weighted by molar-refractivity contribution is 7.99. The number of aromatic carboxylic acids is 1. The van der Waals surface area contributed by atoms with Crippen molar-refractivity contribution in [1.29, 1.82) is 0 Å². The van der Waals surface area contributed by atoms with Gasteiger partial charge in [-0.05, 0) is 23.8 Å². The summed E-state index contributed by atoms with van der Waals surface area (Å²) in [5.74, 6) is -0.0571. The first-order valence-corrected chi connectivity index (χ1v) is 7.55. The van der Waals surface area contributed by atoms with E-state index in [0.29, 0.717) is 11.4 Å². The molecule has 0 unspecified atom stereocenters. The third-order valence-corrected chi connectivity index (χ3v) is 3.74. The zero-order valence-corrected chi connectivity index (χ0v) is 12.1. The summed E-state index contributed by atoms with van der Waals surface area (Å²) in [4.78, 5) is 22.7. The second-order valence-corrected chi connectivity index (χ2v) is 5.40. The average Bonchev–Trinajstić information content (AvgIpc) is 2.48. The molecule has 4 nitrogen and oxygen atoms in total. The molecule has 5 heteroatoms. The topological polar surface area (TPSA) is 66.4 Å². The van der Waals surface area contributed by atoms with E-state index < -0.39 is 5.97 Å². The maximum absolute atomic E-state index is 11.8. The summed E-state index contributed by atoms with van der Waals surface area (Å²) in [6.45, 7) is 0. The van der Waals surface area contributed by atoms with Crippen LogP contribution in [0.1, 0.15) is 15.9 Å². The van der Waals surface area contributed by atoms with Crippen LogP contribution < -0.4 is 5.32 Å². The van der Waals surface area contributed by atoms with Gasteiger partial charge in [-0.15, -0.1) is 11.8 Å². The van der Waals surface area contributed by atoms with E-state index >= 15 is 0 Å². The zero-order chi connectivity index (χ0) is 15.1. The van der Waals surface area contributed by atoms with E-state index in [1.54, 1.807) is 12.1 Å². The quantitative estimate of drug-likeness (QED) is 0.859. The molecule has 0 fully saturated rings. The first-order valence-electron chi connectivity index (χ1n) is 6.40. The second kappa shape index (κ2) is 7.50. The number of benzene rings is 2. The lowest BCUT2D eigenvalue weighted by Crippen LogP contribution is -2.14. The Kier molecular flexibility index (Phi) is 5.40. The number of carbonyl (C=O) groups excluding carboxylic acids is 1. The van der Waals surface area contributed by atoms with Gasteiger partial charge in [-0.2, -0.15) is 0 Å². The summed E-state index contributed by atoms with van der Waals surface area (Å²) in [6.07, 6.45) is 0. The standard InChI is InChI=1S/C16H15NO3S/c18-15(11-21-10-12-5-2-1-3-6-12)17-14-8-4-7-13(9-14)16(19)20/h1-9H,10-11H2,(H,17,18)(H,19,20). The van der Waals surface area contributed by atoms with Crippen molar-refractivity contribution in [2.24, 2.45) is 0 Å². The van der Waals surface area contributed by atoms with Crippen LogP contribution in [0.3, 0.4) is 0 Å². The summed E-state index contributed by atoms with van der Waals surface area (Å²) >= 11 is 1.52. The Morgan fingerprint density at radius 3 is 2.52 bits per heavy atom. The van der Waals surface area contributed by atoms with Crippen molar-refractivity contribution in [2.75, 3.05) is 11.1 Å². The second-order valence-electron chi connectivity index (χ2n) is 4.41. The van der Waals surface area contributed by atoms with Crippen LogP contribution >= 0.6 is 11.8 Å². The van der Waals surface area contributed by atoms with Crippen LogP contribution in [0.2, 0.25) is 0 Å². The fraction of sp³-hybridized carbons (Fsp3) is 0.125. The SMILES string of the molecule is O=C(CSCc1ccccc1)Nc1cccc(C(=O)O)c1. The van der Waals surface area contributed by atoms with Gasteiger partial charge in [0.2, 0.25) is 5.91 Å². The average molecular weight is 301 g/mol. The Hall–Kier alpha value is -2.27. The summed E-state index contributed by atoms with van der Waals surface area (Å²) in [5.41, 5.74) is 1.83. The van der Waals surface area contributed by atoms with Gasteiger partial charge in [-0.1, -0.05) is 36.4 Å². The zero-order valence-electron chi connectivity index (χ0n) is 11.3. The highest BCUT2D eigenvalue weighted by atomic mass is 32.2. The minimum Gasteiger partial charge on any atom is -0.478 e. The van der Waals surface area contributed by atoms with Crippen LogP contribution in [0, 0.1) is 0 Å². The van der Waals surface area contributed by atoms with Gasteiger partial charge in [0.1, 0.15) is 0 Å². The lowest BCUT2D eigenvalue weighted by Gasteiger charge is -2.06. The van der Waals surface area contributed by atoms with Crippen LogP contribution in [0.5, 0.6) is 0 Å². The number of hydrogen-bond acceptors (Lipinski definition) is 3. The van der Waals surface area contributed by atoms with Crippen molar-refractivity contribution in [2.45, 2.75) is 5.75 Å². The number of rotatable bonds is 6. The van der Waals surface area contributed by atoms with Gasteiger partial charge in [0, 0.05) is 11.4 Å². The van der Waals surface area contributed by atoms with Crippen LogP contribution in [0.15, 0.2) is 54.6 Å². The lowest BCUT2D eigenvalue weighted by atomic mass is 10.2. The third kappa shape index (κ3) is 4.96. The molecule has 0 spiro atoms. The molecule has 108 valence electrons. The molecular weight excluding hydrogens is 286 g/mol. The van der Waals surface area contributed by atoms with E-state index in [1.807, 2.05) is 30.3 Å². The van der Waals surface area contributed by atoms with Crippen molar-refractivity contribution in [3.05, 3.63) is 65.7 Å². The predicted molar refractivity (Wildman–Crippen MR) is 84.6 cm³/mol. The maximum Gasteiger partial charge on any atom is 0.335 e. The van der Waals surface area contributed by atoms with Crippen molar-refractivity contribution in [3.8, 4) is 0 Å². The van der Waals surface area contributed by atoms with Gasteiger partial charge < -0.3 is 10.4 Å². The Morgan fingerprint density at radius 2 is 1.81 bits per heavy atom. The number of nitrogens with one attached hydrogen (secondary N) is 1. The van der Waals surface area contributed by atoms with Gasteiger partial charge in [-0.3, -0.25) is 4.79 Å². The molecule has 0 aliphatic heterocycles. The number of hydrogen-bond donors (Lipinski definition) is 2. The molecule has 0 saturated carbocycles. The largest absolute Gasteiger partial charge is 0.478 e. The molecule has 0 bridgehead atoms. The molecule has 0 radical (unpaired) electrons. The van der Waals surface area contributed by atoms with Gasteiger partial charge in [-0.25, -0.2) is 4.79 Å². The summed E-state index contributed by atoms with van der Waals surface area (Å²) in [7, 11) is 0. The molecule has 0 aliphatic carbocycles. The van der Waals surface area contributed by atoms with E-state index in [2.05, 4.69) is 5.32 Å². The van der Waals surface area contributed by atoms with Crippen molar-refractivity contribution in [1.82, 2.24) is 0 Å². The molecule has 0 atom stereocenters. The number of carboxylic acid groups (broad SMARTS) is 1. The summed E-state index contributed by atoms with van der Waals surface area (Å²) < 4.78 is 0. The van der Waals surface area contributed by atoms with E-state index in [9.17, 15) is 9.59 Å². The molecule has 21 heavy (non-hydrogen) atoms. The fourth-order valence-corrected chi connectivity index (χ4v) is 2.55. The number of carbonyl (C=O) groups is 2. The van der Waals surface area contributed by atoms with Crippen LogP contribution in [0.25, 0.3) is 0 Å². The Balaban J connectivity index is 1.82. The van der Waals surface area contributed by atoms with Gasteiger partial charge in [0.25, 0.3) is 0 Å². The molecule has 2 rings (SSSR count). The fourth-order valence-electron chi connectivity index (χ4n) is 1.76. The first-order chi connectivity index (χ1) is 10.1. The van der Waals surface area contributed by atoms with E-state index in [4.69, 9.17) is 5.11 Å². The minimum absolute atomic E-state index is 0.140. The van der Waals surface area contributed by atoms with Crippen molar-refractivity contribution >= 4 is 29.3 Å². The molecule has 0 heterocycles. The van der Waals surface area contributed by atoms with Gasteiger partial charge in [0.15, 0.2) is 0 Å². The Morgan fingerprint density at radius 1 is 1.05 bits per heavy atom. The molecule has 1 amide bonds. The lowest BCUT2D eigenvalue weighted by molar-refractivity contribution is -0.113. The first kappa shape index (κ1) is 15.1. The molecule has 2 aromatic carbocycles. The molecule has 2 N–H and O–H groups in total. The highest BCUT2D eigenvalue weighted by Crippen LogP contribution is 2.14. The van der Waals surface area contributed by atoms with Crippen LogP contribution in [-0.4, -0.2) is 22.7 Å². The smallest absolute Gasteiger partial charge is 0.335 e. The van der Waals surface area contributed by atoms with Crippen LogP contribution in [-0.2, 0) is 10.5 Å². The number of carboxylic acids is 1. The van der Waals surface area contributed by atoms with E-state index in [0.717, 1.165) is 5.75 Å². The monoisotopic (exact) mass is 301 g/mol. The van der Waals surface area contributed by atoms with Gasteiger partial charge in [0.05, 0.1) is 11.3 Å². The number of thioether (sulfide) groups is 1. The normalized spacial score (nSPS) is 10.1. The molecule has 0 aliphatic rings. The highest BCUT2D eigenvalue weighted by Gasteiger charge is 2.06. The maximum atomic E-state index is 11.8. The molecule has 0 aromatic heterocycles. The van der Waals surface area contributed by atoms with Crippen LogP contribution in [0.4, 0.5) is 5.69 Å². The predicted octanol–water partition coefficient (Wildman–Crippen LogP) is 3.26. The van der Waals surface area contributed by atoms with Crippen molar-refractivity contribution < 1.29 is 14.7 Å². The molecule has 2 aromatic rings. The third-order valence-electron chi connectivity index (χ3n) is 2.74. The Labute approximate surface area is 127 Å². The summed E-state index contributed by atoms with van der Waals surface area (Å²) in [6, 6.07) is 16.1. The minimum atomic E-state index is -1.01. The Bertz CT molecular complexity index is 628. The van der Waals surface area contributed by atoms with E-state index in [-0.39, 0.29) is 11.5 Å². The summed E-state index contributed by atoms with van der Waals surface area (Å²) in [5, 5.41) is 11.6. The van der Waals surface area contributed by atoms with Crippen molar-refractivity contribution in [3.63, 3.8) is 0 Å². The number of amides is 1. The van der Waals surface area contributed by atoms with Gasteiger partial charge >= 0.3 is 5.97 Å². The number of anilines is 1. The van der Waals surface area contributed by atoms with E-state index in [1.165, 1.54) is 29.5 Å². The molecular formula is C16H15NO3S.